The minimum atomic E-state index is -0.415. The topological polar surface area (TPSA) is 67.8 Å². The van der Waals surface area contributed by atoms with Crippen molar-refractivity contribution >= 4 is 18.1 Å². The number of hydrogen-bond acceptors (Lipinski definition) is 4. The van der Waals surface area contributed by atoms with Gasteiger partial charge in [-0.3, -0.25) is 4.79 Å². The molecular weight excluding hydrogens is 376 g/mol. The third kappa shape index (κ3) is 5.64. The van der Waals surface area contributed by atoms with E-state index in [0.717, 1.165) is 11.1 Å². The Morgan fingerprint density at radius 1 is 0.833 bits per heavy atom. The first-order chi connectivity index (χ1) is 14.3. The molecule has 3 aromatic carbocycles. The number of esters is 1. The molecule has 0 fully saturated rings. The number of benzene rings is 3. The summed E-state index contributed by atoms with van der Waals surface area (Å²) < 4.78 is 5.34. The van der Waals surface area contributed by atoms with Gasteiger partial charge in [-0.1, -0.05) is 51.1 Å². The summed E-state index contributed by atoms with van der Waals surface area (Å²) in [5.74, 6) is -0.258. The predicted molar refractivity (Wildman–Crippen MR) is 118 cm³/mol. The minimum absolute atomic E-state index is 0.0365. The van der Waals surface area contributed by atoms with Gasteiger partial charge >= 0.3 is 5.97 Å². The van der Waals surface area contributed by atoms with E-state index in [2.05, 4.69) is 31.3 Å². The Hall–Kier alpha value is -3.73. The minimum Gasteiger partial charge on any atom is -0.423 e. The highest BCUT2D eigenvalue weighted by Crippen LogP contribution is 2.22. The molecule has 0 heterocycles. The first kappa shape index (κ1) is 21.0. The number of rotatable bonds is 5. The van der Waals surface area contributed by atoms with Gasteiger partial charge in [0.1, 0.15) is 5.75 Å². The molecule has 0 aliphatic rings. The number of nitrogens with one attached hydrogen (secondary N) is 1. The van der Waals surface area contributed by atoms with Crippen LogP contribution in [0, 0.1) is 0 Å². The fourth-order valence-corrected chi connectivity index (χ4v) is 2.71. The van der Waals surface area contributed by atoms with Crippen LogP contribution in [0.15, 0.2) is 84.0 Å². The number of carbonyl (C=O) groups is 2. The van der Waals surface area contributed by atoms with Crippen LogP contribution in [-0.2, 0) is 5.41 Å². The third-order valence-corrected chi connectivity index (χ3v) is 4.49. The van der Waals surface area contributed by atoms with Crippen molar-refractivity contribution in [2.45, 2.75) is 26.2 Å². The smallest absolute Gasteiger partial charge is 0.343 e. The van der Waals surface area contributed by atoms with Gasteiger partial charge in [0, 0.05) is 5.56 Å². The van der Waals surface area contributed by atoms with Crippen LogP contribution in [0.4, 0.5) is 0 Å². The van der Waals surface area contributed by atoms with Crippen LogP contribution in [0.25, 0.3) is 0 Å². The van der Waals surface area contributed by atoms with Crippen LogP contribution in [0.5, 0.6) is 5.75 Å². The van der Waals surface area contributed by atoms with E-state index in [4.69, 9.17) is 4.74 Å². The van der Waals surface area contributed by atoms with Crippen LogP contribution >= 0.6 is 0 Å². The Labute approximate surface area is 176 Å². The highest BCUT2D eigenvalue weighted by atomic mass is 16.5. The standard InChI is InChI=1S/C25H24N2O3/c1-25(2,3)21-13-11-19(12-14-21)23(28)27-26-17-18-9-15-22(16-10-18)30-24(29)20-7-5-4-6-8-20/h4-17H,1-3H3,(H,27,28)/b26-17-. The van der Waals surface area contributed by atoms with Crippen molar-refractivity contribution in [3.05, 3.63) is 101 Å². The van der Waals surface area contributed by atoms with Crippen LogP contribution in [0.3, 0.4) is 0 Å². The van der Waals surface area contributed by atoms with Crippen LogP contribution in [-0.4, -0.2) is 18.1 Å². The van der Waals surface area contributed by atoms with Crippen molar-refractivity contribution in [2.75, 3.05) is 0 Å². The van der Waals surface area contributed by atoms with E-state index < -0.39 is 5.97 Å². The molecule has 30 heavy (non-hydrogen) atoms. The molecule has 0 unspecified atom stereocenters. The summed E-state index contributed by atoms with van der Waals surface area (Å²) in [5, 5.41) is 3.99. The molecule has 3 aromatic rings. The Balaban J connectivity index is 1.55. The third-order valence-electron chi connectivity index (χ3n) is 4.49. The average molecular weight is 400 g/mol. The summed E-state index contributed by atoms with van der Waals surface area (Å²) in [6.45, 7) is 6.38. The largest absolute Gasteiger partial charge is 0.423 e. The maximum atomic E-state index is 12.2. The van der Waals surface area contributed by atoms with Crippen molar-refractivity contribution < 1.29 is 14.3 Å². The maximum Gasteiger partial charge on any atom is 0.343 e. The SMILES string of the molecule is CC(C)(C)c1ccc(C(=O)N/N=C\c2ccc(OC(=O)c3ccccc3)cc2)cc1. The van der Waals surface area contributed by atoms with Gasteiger partial charge in [-0.05, 0) is 65.1 Å². The predicted octanol–water partition coefficient (Wildman–Crippen LogP) is 4.97. The highest BCUT2D eigenvalue weighted by Gasteiger charge is 2.14. The maximum absolute atomic E-state index is 12.2. The van der Waals surface area contributed by atoms with Crippen molar-refractivity contribution in [3.63, 3.8) is 0 Å². The van der Waals surface area contributed by atoms with Gasteiger partial charge in [-0.25, -0.2) is 10.2 Å². The summed E-state index contributed by atoms with van der Waals surface area (Å²) in [4.78, 5) is 24.3. The molecule has 0 spiro atoms. The number of amides is 1. The van der Waals surface area contributed by atoms with Gasteiger partial charge in [0.25, 0.3) is 5.91 Å². The molecule has 0 aliphatic heterocycles. The van der Waals surface area contributed by atoms with Gasteiger partial charge in [0.2, 0.25) is 0 Å². The lowest BCUT2D eigenvalue weighted by atomic mass is 9.87. The zero-order valence-corrected chi connectivity index (χ0v) is 17.3. The average Bonchev–Trinajstić information content (AvgIpc) is 2.75. The number of hydrazone groups is 1. The van der Waals surface area contributed by atoms with Gasteiger partial charge in [-0.2, -0.15) is 5.10 Å². The molecule has 0 aliphatic carbocycles. The van der Waals surface area contributed by atoms with Gasteiger partial charge in [0.05, 0.1) is 11.8 Å². The van der Waals surface area contributed by atoms with E-state index in [0.29, 0.717) is 16.9 Å². The lowest BCUT2D eigenvalue weighted by molar-refractivity contribution is 0.0734. The van der Waals surface area contributed by atoms with Crippen molar-refractivity contribution in [3.8, 4) is 5.75 Å². The molecule has 5 nitrogen and oxygen atoms in total. The zero-order chi connectivity index (χ0) is 21.6. The monoisotopic (exact) mass is 400 g/mol. The van der Waals surface area contributed by atoms with E-state index in [9.17, 15) is 9.59 Å². The van der Waals surface area contributed by atoms with Crippen LogP contribution in [0.1, 0.15) is 52.6 Å². The molecule has 1 N–H and O–H groups in total. The Morgan fingerprint density at radius 2 is 1.47 bits per heavy atom. The van der Waals surface area contributed by atoms with Crippen molar-refractivity contribution in [1.82, 2.24) is 5.43 Å². The van der Waals surface area contributed by atoms with E-state index in [1.54, 1.807) is 60.7 Å². The van der Waals surface area contributed by atoms with Gasteiger partial charge < -0.3 is 4.74 Å². The summed E-state index contributed by atoms with van der Waals surface area (Å²) in [5.41, 5.74) is 5.51. The van der Waals surface area contributed by atoms with E-state index in [-0.39, 0.29) is 11.3 Å². The molecule has 0 bridgehead atoms. The molecule has 1 amide bonds. The first-order valence-corrected chi connectivity index (χ1v) is 9.64. The molecule has 0 saturated carbocycles. The summed E-state index contributed by atoms with van der Waals surface area (Å²) in [6.07, 6.45) is 1.53. The quantitative estimate of drug-likeness (QED) is 0.285. The second-order valence-electron chi connectivity index (χ2n) is 7.85. The van der Waals surface area contributed by atoms with E-state index in [1.807, 2.05) is 18.2 Å². The molecular formula is C25H24N2O3. The number of carbonyl (C=O) groups excluding carboxylic acids is 2. The molecule has 0 radical (unpaired) electrons. The fourth-order valence-electron chi connectivity index (χ4n) is 2.71. The molecule has 0 atom stereocenters. The Morgan fingerprint density at radius 3 is 2.07 bits per heavy atom. The lowest BCUT2D eigenvalue weighted by Gasteiger charge is -2.18. The summed E-state index contributed by atoms with van der Waals surface area (Å²) >= 11 is 0. The molecule has 152 valence electrons. The summed E-state index contributed by atoms with van der Waals surface area (Å²) in [7, 11) is 0. The van der Waals surface area contributed by atoms with E-state index in [1.165, 1.54) is 6.21 Å². The van der Waals surface area contributed by atoms with Crippen molar-refractivity contribution in [2.24, 2.45) is 5.10 Å². The number of ether oxygens (including phenoxy) is 1. The molecule has 3 rings (SSSR count). The zero-order valence-electron chi connectivity index (χ0n) is 17.3. The number of nitrogens with zero attached hydrogens (tertiary/aromatic N) is 1. The second-order valence-corrected chi connectivity index (χ2v) is 7.85. The molecule has 5 heteroatoms. The molecule has 0 saturated heterocycles. The Kier molecular flexibility index (Phi) is 6.42. The second kappa shape index (κ2) is 9.18. The van der Waals surface area contributed by atoms with Gasteiger partial charge in [0.15, 0.2) is 0 Å². The van der Waals surface area contributed by atoms with Crippen LogP contribution in [0.2, 0.25) is 0 Å². The summed E-state index contributed by atoms with van der Waals surface area (Å²) in [6, 6.07) is 23.1. The van der Waals surface area contributed by atoms with Crippen LogP contribution < -0.4 is 10.2 Å². The number of hydrogen-bond donors (Lipinski definition) is 1. The van der Waals surface area contributed by atoms with Crippen molar-refractivity contribution in [1.29, 1.82) is 0 Å². The first-order valence-electron chi connectivity index (χ1n) is 9.64. The normalized spacial score (nSPS) is 11.3. The highest BCUT2D eigenvalue weighted by molar-refractivity contribution is 5.95. The van der Waals surface area contributed by atoms with E-state index >= 15 is 0 Å². The lowest BCUT2D eigenvalue weighted by Crippen LogP contribution is -2.18. The van der Waals surface area contributed by atoms with Gasteiger partial charge in [-0.15, -0.1) is 0 Å². The fraction of sp³-hybridized carbons (Fsp3) is 0.160. The Bertz CT molecular complexity index is 1030. The molecule has 0 aromatic heterocycles.